The minimum absolute atomic E-state index is 0.684. The van der Waals surface area contributed by atoms with E-state index in [-0.39, 0.29) is 0 Å². The molecule has 102 valence electrons. The highest BCUT2D eigenvalue weighted by Gasteiger charge is 2.03. The van der Waals surface area contributed by atoms with Crippen molar-refractivity contribution in [3.63, 3.8) is 0 Å². The topological polar surface area (TPSA) is 47.7 Å². The molecule has 2 N–H and O–H groups in total. The summed E-state index contributed by atoms with van der Waals surface area (Å²) in [5.74, 6) is 0.930. The van der Waals surface area contributed by atoms with Crippen LogP contribution in [0, 0.1) is 0 Å². The zero-order valence-corrected chi connectivity index (χ0v) is 11.2. The lowest BCUT2D eigenvalue weighted by molar-refractivity contribution is 0.144. The average molecular weight is 252 g/mol. The van der Waals surface area contributed by atoms with E-state index in [1.54, 1.807) is 7.11 Å². The van der Waals surface area contributed by atoms with Crippen molar-refractivity contribution >= 4 is 0 Å². The van der Waals surface area contributed by atoms with Crippen molar-refractivity contribution in [2.75, 3.05) is 46.5 Å². The quantitative estimate of drug-likeness (QED) is 0.639. The molecule has 1 aromatic carbocycles. The van der Waals surface area contributed by atoms with E-state index in [1.165, 1.54) is 0 Å². The van der Waals surface area contributed by atoms with E-state index in [1.807, 2.05) is 30.3 Å². The van der Waals surface area contributed by atoms with Gasteiger partial charge in [0.05, 0.1) is 13.2 Å². The van der Waals surface area contributed by atoms with Crippen LogP contribution >= 0.6 is 0 Å². The van der Waals surface area contributed by atoms with Gasteiger partial charge >= 0.3 is 0 Å². The standard InChI is InChI=1S/C14H24N2O2/c1-17-13-11-16(10-8-15)9-5-12-18-14-6-3-2-4-7-14/h2-4,6-7H,5,8-13,15H2,1H3. The summed E-state index contributed by atoms with van der Waals surface area (Å²) in [5, 5.41) is 0. The maximum atomic E-state index is 5.65. The molecule has 0 aliphatic rings. The molecular weight excluding hydrogens is 228 g/mol. The summed E-state index contributed by atoms with van der Waals surface area (Å²) in [6.07, 6.45) is 0.999. The van der Waals surface area contributed by atoms with Gasteiger partial charge in [0, 0.05) is 33.3 Å². The van der Waals surface area contributed by atoms with Crippen molar-refractivity contribution in [2.45, 2.75) is 6.42 Å². The highest BCUT2D eigenvalue weighted by Crippen LogP contribution is 2.08. The molecule has 1 rings (SSSR count). The first-order chi connectivity index (χ1) is 8.86. The van der Waals surface area contributed by atoms with Crippen molar-refractivity contribution in [3.8, 4) is 5.75 Å². The summed E-state index contributed by atoms with van der Waals surface area (Å²) in [7, 11) is 1.72. The smallest absolute Gasteiger partial charge is 0.119 e. The van der Waals surface area contributed by atoms with Crippen molar-refractivity contribution in [1.29, 1.82) is 0 Å². The van der Waals surface area contributed by atoms with Crippen LogP contribution in [-0.2, 0) is 4.74 Å². The van der Waals surface area contributed by atoms with Crippen LogP contribution in [0.15, 0.2) is 30.3 Å². The van der Waals surface area contributed by atoms with Gasteiger partial charge in [-0.2, -0.15) is 0 Å². The molecule has 0 aliphatic heterocycles. The van der Waals surface area contributed by atoms with Gasteiger partial charge in [-0.1, -0.05) is 18.2 Å². The largest absolute Gasteiger partial charge is 0.494 e. The van der Waals surface area contributed by atoms with Gasteiger partial charge in [-0.25, -0.2) is 0 Å². The molecule has 0 aromatic heterocycles. The number of hydrogen-bond acceptors (Lipinski definition) is 4. The van der Waals surface area contributed by atoms with E-state index in [4.69, 9.17) is 15.2 Å². The fourth-order valence-electron chi connectivity index (χ4n) is 1.73. The molecule has 1 aromatic rings. The lowest BCUT2D eigenvalue weighted by Crippen LogP contribution is -2.33. The second-order valence-electron chi connectivity index (χ2n) is 4.14. The third kappa shape index (κ3) is 6.59. The number of ether oxygens (including phenoxy) is 2. The van der Waals surface area contributed by atoms with E-state index < -0.39 is 0 Å². The first kappa shape index (κ1) is 15.0. The molecule has 0 bridgehead atoms. The van der Waals surface area contributed by atoms with Gasteiger partial charge < -0.3 is 15.2 Å². The van der Waals surface area contributed by atoms with Crippen LogP contribution in [0.3, 0.4) is 0 Å². The van der Waals surface area contributed by atoms with Gasteiger partial charge in [0.15, 0.2) is 0 Å². The Morgan fingerprint density at radius 3 is 2.50 bits per heavy atom. The number of nitrogens with two attached hydrogens (primary N) is 1. The number of rotatable bonds is 10. The predicted molar refractivity (Wildman–Crippen MR) is 73.9 cm³/mol. The highest BCUT2D eigenvalue weighted by molar-refractivity contribution is 5.20. The van der Waals surface area contributed by atoms with Gasteiger partial charge in [-0.05, 0) is 18.6 Å². The molecule has 0 radical (unpaired) electrons. The Labute approximate surface area is 110 Å². The van der Waals surface area contributed by atoms with E-state index >= 15 is 0 Å². The lowest BCUT2D eigenvalue weighted by atomic mass is 10.3. The molecule has 0 spiro atoms. The van der Waals surface area contributed by atoms with Gasteiger partial charge in [-0.3, -0.25) is 4.90 Å². The summed E-state index contributed by atoms with van der Waals surface area (Å²) in [6, 6.07) is 9.90. The summed E-state index contributed by atoms with van der Waals surface area (Å²) in [5.41, 5.74) is 5.58. The van der Waals surface area contributed by atoms with Crippen LogP contribution < -0.4 is 10.5 Å². The summed E-state index contributed by atoms with van der Waals surface area (Å²) in [4.78, 5) is 2.30. The zero-order chi connectivity index (χ0) is 13.1. The molecular formula is C14H24N2O2. The van der Waals surface area contributed by atoms with E-state index in [2.05, 4.69) is 4.90 Å². The van der Waals surface area contributed by atoms with Crippen molar-refractivity contribution in [2.24, 2.45) is 5.73 Å². The molecule has 4 heteroatoms. The van der Waals surface area contributed by atoms with Crippen LogP contribution in [0.25, 0.3) is 0 Å². The Morgan fingerprint density at radius 1 is 1.06 bits per heavy atom. The molecule has 0 unspecified atom stereocenters. The Balaban J connectivity index is 2.14. The third-order valence-electron chi connectivity index (χ3n) is 2.69. The number of benzene rings is 1. The van der Waals surface area contributed by atoms with Crippen LogP contribution in [0.5, 0.6) is 5.75 Å². The molecule has 0 amide bonds. The van der Waals surface area contributed by atoms with Gasteiger partial charge in [-0.15, -0.1) is 0 Å². The summed E-state index contributed by atoms with van der Waals surface area (Å²) >= 11 is 0. The molecule has 18 heavy (non-hydrogen) atoms. The normalized spacial score (nSPS) is 10.8. The molecule has 0 saturated heterocycles. The Morgan fingerprint density at radius 2 is 1.83 bits per heavy atom. The molecule has 0 atom stereocenters. The van der Waals surface area contributed by atoms with Gasteiger partial charge in [0.25, 0.3) is 0 Å². The first-order valence-electron chi connectivity index (χ1n) is 6.46. The second kappa shape index (κ2) is 9.88. The first-order valence-corrected chi connectivity index (χ1v) is 6.46. The molecule has 0 fully saturated rings. The van der Waals surface area contributed by atoms with Crippen molar-refractivity contribution in [3.05, 3.63) is 30.3 Å². The maximum absolute atomic E-state index is 5.65. The monoisotopic (exact) mass is 252 g/mol. The van der Waals surface area contributed by atoms with Crippen LogP contribution in [0.2, 0.25) is 0 Å². The van der Waals surface area contributed by atoms with Crippen LogP contribution in [0.1, 0.15) is 6.42 Å². The fraction of sp³-hybridized carbons (Fsp3) is 0.571. The zero-order valence-electron chi connectivity index (χ0n) is 11.2. The Bertz CT molecular complexity index is 293. The molecule has 0 heterocycles. The third-order valence-corrected chi connectivity index (χ3v) is 2.69. The molecule has 4 nitrogen and oxygen atoms in total. The minimum atomic E-state index is 0.684. The molecule has 0 aliphatic carbocycles. The Kier molecular flexibility index (Phi) is 8.21. The number of hydrogen-bond donors (Lipinski definition) is 1. The Hall–Kier alpha value is -1.10. The SMILES string of the molecule is COCCN(CCN)CCCOc1ccccc1. The minimum Gasteiger partial charge on any atom is -0.494 e. The maximum Gasteiger partial charge on any atom is 0.119 e. The average Bonchev–Trinajstić information content (AvgIpc) is 2.42. The fourth-order valence-corrected chi connectivity index (χ4v) is 1.73. The van der Waals surface area contributed by atoms with Crippen molar-refractivity contribution in [1.82, 2.24) is 4.90 Å². The number of nitrogens with zero attached hydrogens (tertiary/aromatic N) is 1. The highest BCUT2D eigenvalue weighted by atomic mass is 16.5. The van der Waals surface area contributed by atoms with E-state index in [0.717, 1.165) is 45.0 Å². The van der Waals surface area contributed by atoms with Crippen LogP contribution in [0.4, 0.5) is 0 Å². The number of methoxy groups -OCH3 is 1. The van der Waals surface area contributed by atoms with Crippen molar-refractivity contribution < 1.29 is 9.47 Å². The number of para-hydroxylation sites is 1. The second-order valence-corrected chi connectivity index (χ2v) is 4.14. The van der Waals surface area contributed by atoms with Crippen LogP contribution in [-0.4, -0.2) is 51.4 Å². The summed E-state index contributed by atoms with van der Waals surface area (Å²) < 4.78 is 10.7. The summed E-state index contributed by atoms with van der Waals surface area (Å²) in [6.45, 7) is 5.00. The van der Waals surface area contributed by atoms with Gasteiger partial charge in [0.2, 0.25) is 0 Å². The van der Waals surface area contributed by atoms with E-state index in [0.29, 0.717) is 6.54 Å². The lowest BCUT2D eigenvalue weighted by Gasteiger charge is -2.20. The van der Waals surface area contributed by atoms with E-state index in [9.17, 15) is 0 Å². The molecule has 0 saturated carbocycles. The van der Waals surface area contributed by atoms with Gasteiger partial charge in [0.1, 0.15) is 5.75 Å². The predicted octanol–water partition coefficient (Wildman–Crippen LogP) is 1.36.